The summed E-state index contributed by atoms with van der Waals surface area (Å²) in [5, 5.41) is 0. The van der Waals surface area contributed by atoms with Gasteiger partial charge in [-0.25, -0.2) is 4.90 Å². The van der Waals surface area contributed by atoms with Crippen LogP contribution in [0.15, 0.2) is 18.2 Å². The molecule has 6 heteroatoms. The number of hydrogen-bond donors (Lipinski definition) is 0. The van der Waals surface area contributed by atoms with E-state index in [-0.39, 0.29) is 31.1 Å². The number of imide groups is 1. The molecule has 3 heterocycles. The number of rotatable bonds is 2. The van der Waals surface area contributed by atoms with E-state index in [0.29, 0.717) is 17.2 Å². The van der Waals surface area contributed by atoms with Crippen molar-refractivity contribution in [3.63, 3.8) is 0 Å². The fourth-order valence-electron chi connectivity index (χ4n) is 3.60. The van der Waals surface area contributed by atoms with Crippen molar-refractivity contribution in [2.45, 2.75) is 38.1 Å². The third-order valence-corrected chi connectivity index (χ3v) is 4.82. The lowest BCUT2D eigenvalue weighted by molar-refractivity contribution is -0.122. The van der Waals surface area contributed by atoms with E-state index in [1.165, 1.54) is 17.7 Å². The van der Waals surface area contributed by atoms with Gasteiger partial charge in [0.25, 0.3) is 5.91 Å². The Bertz CT molecular complexity index is 637. The van der Waals surface area contributed by atoms with Crippen LogP contribution in [0, 0.1) is 0 Å². The maximum absolute atomic E-state index is 12.8. The van der Waals surface area contributed by atoms with Gasteiger partial charge in [0, 0.05) is 6.07 Å². The van der Waals surface area contributed by atoms with Gasteiger partial charge >= 0.3 is 0 Å². The van der Waals surface area contributed by atoms with Crippen molar-refractivity contribution in [3.8, 4) is 11.5 Å². The fourth-order valence-corrected chi connectivity index (χ4v) is 3.60. The van der Waals surface area contributed by atoms with E-state index in [2.05, 4.69) is 4.90 Å². The number of ether oxygens (including phenoxy) is 2. The molecule has 1 aromatic carbocycles. The Labute approximate surface area is 134 Å². The average molecular weight is 316 g/mol. The van der Waals surface area contributed by atoms with E-state index in [4.69, 9.17) is 9.47 Å². The lowest BCUT2D eigenvalue weighted by Crippen LogP contribution is -2.42. The predicted octanol–water partition coefficient (Wildman–Crippen LogP) is 1.92. The van der Waals surface area contributed by atoms with Crippen LogP contribution in [0.4, 0.5) is 5.69 Å². The summed E-state index contributed by atoms with van der Waals surface area (Å²) in [5.41, 5.74) is 0.571. The molecule has 0 bridgehead atoms. The first kappa shape index (κ1) is 14.5. The molecule has 0 unspecified atom stereocenters. The fraction of sp³-hybridized carbons (Fsp3) is 0.529. The highest BCUT2D eigenvalue weighted by molar-refractivity contribution is 6.22. The number of benzene rings is 1. The molecule has 0 saturated carbocycles. The number of hydrogen-bond acceptors (Lipinski definition) is 5. The van der Waals surface area contributed by atoms with E-state index in [1.807, 2.05) is 0 Å². The molecule has 23 heavy (non-hydrogen) atoms. The molecule has 1 atom stereocenters. The zero-order valence-electron chi connectivity index (χ0n) is 13.0. The zero-order chi connectivity index (χ0) is 15.8. The Kier molecular flexibility index (Phi) is 3.69. The highest BCUT2D eigenvalue weighted by Gasteiger charge is 2.42. The lowest BCUT2D eigenvalue weighted by Gasteiger charge is -2.25. The van der Waals surface area contributed by atoms with Crippen LogP contribution in [-0.4, -0.2) is 42.6 Å². The maximum Gasteiger partial charge on any atom is 0.251 e. The van der Waals surface area contributed by atoms with Gasteiger partial charge in [0.05, 0.1) is 18.2 Å². The van der Waals surface area contributed by atoms with Crippen molar-refractivity contribution in [2.24, 2.45) is 0 Å². The standard InChI is InChI=1S/C17H20N2O4/c20-16-10-13(18-7-3-1-2-4-8-18)17(21)19(16)12-5-6-14-15(9-12)23-11-22-14/h5-6,9,13H,1-4,7-8,10-11H2/t13-/m0/s1. The first-order chi connectivity index (χ1) is 11.2. The van der Waals surface area contributed by atoms with Crippen LogP contribution in [0.3, 0.4) is 0 Å². The van der Waals surface area contributed by atoms with E-state index in [0.717, 1.165) is 25.9 Å². The zero-order valence-corrected chi connectivity index (χ0v) is 13.0. The summed E-state index contributed by atoms with van der Waals surface area (Å²) >= 11 is 0. The summed E-state index contributed by atoms with van der Waals surface area (Å²) in [5.74, 6) is 0.983. The minimum atomic E-state index is -0.314. The summed E-state index contributed by atoms with van der Waals surface area (Å²) in [6.07, 6.45) is 4.88. The Morgan fingerprint density at radius 2 is 1.70 bits per heavy atom. The van der Waals surface area contributed by atoms with Crippen LogP contribution >= 0.6 is 0 Å². The SMILES string of the molecule is O=C1C[C@H](N2CCCCCC2)C(=O)N1c1ccc2c(c1)OCO2. The van der Waals surface area contributed by atoms with Crippen molar-refractivity contribution in [1.29, 1.82) is 0 Å². The molecule has 4 rings (SSSR count). The second kappa shape index (κ2) is 5.85. The van der Waals surface area contributed by atoms with Crippen molar-refractivity contribution < 1.29 is 19.1 Å². The number of carbonyl (C=O) groups is 2. The minimum absolute atomic E-state index is 0.115. The summed E-state index contributed by atoms with van der Waals surface area (Å²) in [6.45, 7) is 1.98. The third-order valence-electron chi connectivity index (χ3n) is 4.82. The number of fused-ring (bicyclic) bond motifs is 1. The van der Waals surface area contributed by atoms with Crippen molar-refractivity contribution in [3.05, 3.63) is 18.2 Å². The highest BCUT2D eigenvalue weighted by atomic mass is 16.7. The molecule has 0 aromatic heterocycles. The van der Waals surface area contributed by atoms with E-state index in [9.17, 15) is 9.59 Å². The summed E-state index contributed by atoms with van der Waals surface area (Å²) in [4.78, 5) is 28.7. The number of likely N-dealkylation sites (tertiary alicyclic amines) is 1. The van der Waals surface area contributed by atoms with Crippen LogP contribution < -0.4 is 14.4 Å². The Morgan fingerprint density at radius 1 is 0.957 bits per heavy atom. The Hall–Kier alpha value is -2.08. The summed E-state index contributed by atoms with van der Waals surface area (Å²) in [6, 6.07) is 4.89. The predicted molar refractivity (Wildman–Crippen MR) is 83.5 cm³/mol. The van der Waals surface area contributed by atoms with Gasteiger partial charge in [0.2, 0.25) is 12.7 Å². The van der Waals surface area contributed by atoms with Crippen LogP contribution in [-0.2, 0) is 9.59 Å². The van der Waals surface area contributed by atoms with Crippen molar-refractivity contribution in [2.75, 3.05) is 24.8 Å². The highest BCUT2D eigenvalue weighted by Crippen LogP contribution is 2.37. The molecule has 3 aliphatic heterocycles. The molecule has 6 nitrogen and oxygen atoms in total. The van der Waals surface area contributed by atoms with Gasteiger partial charge in [0.15, 0.2) is 11.5 Å². The second-order valence-electron chi connectivity index (χ2n) is 6.28. The van der Waals surface area contributed by atoms with E-state index in [1.54, 1.807) is 18.2 Å². The maximum atomic E-state index is 12.8. The lowest BCUT2D eigenvalue weighted by atomic mass is 10.2. The first-order valence-electron chi connectivity index (χ1n) is 8.24. The average Bonchev–Trinajstić information content (AvgIpc) is 3.01. The van der Waals surface area contributed by atoms with Crippen LogP contribution in [0.2, 0.25) is 0 Å². The van der Waals surface area contributed by atoms with Gasteiger partial charge in [-0.1, -0.05) is 12.8 Å². The van der Waals surface area contributed by atoms with Crippen LogP contribution in [0.25, 0.3) is 0 Å². The molecule has 2 amide bonds. The van der Waals surface area contributed by atoms with Gasteiger partial charge in [0.1, 0.15) is 0 Å². The molecular formula is C17H20N2O4. The second-order valence-corrected chi connectivity index (χ2v) is 6.28. The monoisotopic (exact) mass is 316 g/mol. The molecular weight excluding hydrogens is 296 g/mol. The van der Waals surface area contributed by atoms with Crippen LogP contribution in [0.5, 0.6) is 11.5 Å². The van der Waals surface area contributed by atoms with Crippen molar-refractivity contribution >= 4 is 17.5 Å². The van der Waals surface area contributed by atoms with Gasteiger partial charge in [-0.3, -0.25) is 14.5 Å². The quantitative estimate of drug-likeness (QED) is 0.780. The third kappa shape index (κ3) is 2.57. The van der Waals surface area contributed by atoms with Crippen LogP contribution in [0.1, 0.15) is 32.1 Å². The normalized spacial score (nSPS) is 25.0. The largest absolute Gasteiger partial charge is 0.454 e. The molecule has 0 spiro atoms. The molecule has 2 saturated heterocycles. The molecule has 2 fully saturated rings. The summed E-state index contributed by atoms with van der Waals surface area (Å²) in [7, 11) is 0. The smallest absolute Gasteiger partial charge is 0.251 e. The van der Waals surface area contributed by atoms with Gasteiger partial charge < -0.3 is 9.47 Å². The van der Waals surface area contributed by atoms with Gasteiger partial charge in [-0.05, 0) is 38.1 Å². The molecule has 0 aliphatic carbocycles. The molecule has 0 N–H and O–H groups in total. The number of amides is 2. The topological polar surface area (TPSA) is 59.1 Å². The number of nitrogens with zero attached hydrogens (tertiary/aromatic N) is 2. The first-order valence-corrected chi connectivity index (χ1v) is 8.24. The molecule has 1 aromatic rings. The molecule has 3 aliphatic rings. The molecule has 0 radical (unpaired) electrons. The molecule has 122 valence electrons. The number of carbonyl (C=O) groups excluding carboxylic acids is 2. The minimum Gasteiger partial charge on any atom is -0.454 e. The Morgan fingerprint density at radius 3 is 2.48 bits per heavy atom. The summed E-state index contributed by atoms with van der Waals surface area (Å²) < 4.78 is 10.6. The Balaban J connectivity index is 1.57. The number of anilines is 1. The van der Waals surface area contributed by atoms with Gasteiger partial charge in [-0.2, -0.15) is 0 Å². The van der Waals surface area contributed by atoms with Gasteiger partial charge in [-0.15, -0.1) is 0 Å². The van der Waals surface area contributed by atoms with E-state index >= 15 is 0 Å². The van der Waals surface area contributed by atoms with E-state index < -0.39 is 0 Å². The van der Waals surface area contributed by atoms with Crippen molar-refractivity contribution in [1.82, 2.24) is 4.90 Å².